The molecule has 206 valence electrons. The predicted octanol–water partition coefficient (Wildman–Crippen LogP) is 6.84. The molecule has 1 aliphatic carbocycles. The summed E-state index contributed by atoms with van der Waals surface area (Å²) < 4.78 is 7.04. The molecule has 1 atom stereocenters. The number of nitrogens with one attached hydrogen (secondary N) is 1. The van der Waals surface area contributed by atoms with Gasteiger partial charge in [0.25, 0.3) is 5.91 Å². The maximum Gasteiger partial charge on any atom is 0.261 e. The number of hydrogen-bond acceptors (Lipinski definition) is 3. The van der Waals surface area contributed by atoms with Crippen molar-refractivity contribution in [3.8, 4) is 5.75 Å². The highest BCUT2D eigenvalue weighted by Gasteiger charge is 2.32. The first-order valence-corrected chi connectivity index (χ1v) is 14.7. The number of nitrogens with zero attached hydrogens (tertiary/aromatic N) is 1. The van der Waals surface area contributed by atoms with E-state index in [9.17, 15) is 9.59 Å². The highest BCUT2D eigenvalue weighted by Crippen LogP contribution is 2.27. The molecule has 3 aromatic rings. The van der Waals surface area contributed by atoms with Crippen LogP contribution >= 0.6 is 15.9 Å². The number of ether oxygens (including phenoxy) is 1. The predicted molar refractivity (Wildman–Crippen MR) is 160 cm³/mol. The van der Waals surface area contributed by atoms with Gasteiger partial charge in [0.05, 0.1) is 0 Å². The van der Waals surface area contributed by atoms with E-state index in [1.165, 1.54) is 6.42 Å². The molecule has 4 rings (SSSR count). The van der Waals surface area contributed by atoms with E-state index >= 15 is 0 Å². The highest BCUT2D eigenvalue weighted by molar-refractivity contribution is 9.10. The number of aryl methyl sites for hydroxylation is 3. The maximum absolute atomic E-state index is 13.9. The van der Waals surface area contributed by atoms with Gasteiger partial charge in [-0.15, -0.1) is 0 Å². The number of carbonyl (C=O) groups excluding carboxylic acids is 2. The topological polar surface area (TPSA) is 58.6 Å². The van der Waals surface area contributed by atoms with Gasteiger partial charge in [-0.1, -0.05) is 95.4 Å². The van der Waals surface area contributed by atoms with E-state index in [1.54, 1.807) is 4.90 Å². The Morgan fingerprint density at radius 1 is 0.923 bits per heavy atom. The van der Waals surface area contributed by atoms with Crippen LogP contribution in [0.5, 0.6) is 5.75 Å². The SMILES string of the molecule is Cc1ccc(CN(C(=O)COc2cc(C)c(Br)c(C)c2)C(Cc2ccccc2)C(=O)NC2CCCCC2)cc1. The van der Waals surface area contributed by atoms with Crippen LogP contribution in [-0.4, -0.2) is 35.4 Å². The van der Waals surface area contributed by atoms with Gasteiger partial charge in [0.15, 0.2) is 6.61 Å². The summed E-state index contributed by atoms with van der Waals surface area (Å²) in [6.45, 7) is 6.23. The second-order valence-corrected chi connectivity index (χ2v) is 11.5. The molecule has 0 radical (unpaired) electrons. The maximum atomic E-state index is 13.9. The first kappa shape index (κ1) is 28.9. The standard InChI is InChI=1S/C33H39BrN2O3/c1-23-14-16-27(17-15-23)21-36(31(37)22-39-29-18-24(2)32(34)25(3)19-29)30(20-26-10-6-4-7-11-26)33(38)35-28-12-8-5-9-13-28/h4,6-7,10-11,14-19,28,30H,5,8-9,12-13,20-22H2,1-3H3,(H,35,38). The molecule has 1 unspecified atom stereocenters. The van der Waals surface area contributed by atoms with Gasteiger partial charge in [-0.05, 0) is 68.0 Å². The molecule has 0 spiro atoms. The Hall–Kier alpha value is -3.12. The van der Waals surface area contributed by atoms with Gasteiger partial charge >= 0.3 is 0 Å². The molecule has 2 amide bonds. The van der Waals surface area contributed by atoms with Crippen molar-refractivity contribution in [1.82, 2.24) is 10.2 Å². The van der Waals surface area contributed by atoms with E-state index in [2.05, 4.69) is 21.2 Å². The van der Waals surface area contributed by atoms with Crippen molar-refractivity contribution in [2.75, 3.05) is 6.61 Å². The average molecular weight is 592 g/mol. The van der Waals surface area contributed by atoms with Crippen LogP contribution in [0.1, 0.15) is 59.9 Å². The molecule has 1 N–H and O–H groups in total. The van der Waals surface area contributed by atoms with E-state index in [4.69, 9.17) is 4.74 Å². The van der Waals surface area contributed by atoms with Crippen molar-refractivity contribution < 1.29 is 14.3 Å². The number of carbonyl (C=O) groups is 2. The normalized spacial score (nSPS) is 14.5. The summed E-state index contributed by atoms with van der Waals surface area (Å²) in [6, 6.07) is 21.4. The average Bonchev–Trinajstić information content (AvgIpc) is 2.94. The lowest BCUT2D eigenvalue weighted by Crippen LogP contribution is -2.53. The molecule has 39 heavy (non-hydrogen) atoms. The smallest absolute Gasteiger partial charge is 0.261 e. The highest BCUT2D eigenvalue weighted by atomic mass is 79.9. The van der Waals surface area contributed by atoms with Crippen molar-refractivity contribution >= 4 is 27.7 Å². The third-order valence-electron chi connectivity index (χ3n) is 7.47. The Balaban J connectivity index is 1.61. The van der Waals surface area contributed by atoms with Gasteiger partial charge in [0.1, 0.15) is 11.8 Å². The molecule has 3 aromatic carbocycles. The van der Waals surface area contributed by atoms with E-state index in [0.29, 0.717) is 18.7 Å². The molecule has 6 heteroatoms. The van der Waals surface area contributed by atoms with E-state index < -0.39 is 6.04 Å². The number of amides is 2. The van der Waals surface area contributed by atoms with Crippen LogP contribution in [0.15, 0.2) is 71.2 Å². The second-order valence-electron chi connectivity index (χ2n) is 10.7. The first-order chi connectivity index (χ1) is 18.8. The minimum atomic E-state index is -0.653. The number of benzene rings is 3. The minimum Gasteiger partial charge on any atom is -0.484 e. The summed E-state index contributed by atoms with van der Waals surface area (Å²) in [6.07, 6.45) is 5.88. The van der Waals surface area contributed by atoms with Crippen LogP contribution in [0, 0.1) is 20.8 Å². The van der Waals surface area contributed by atoms with Crippen molar-refractivity contribution in [1.29, 1.82) is 0 Å². The second kappa shape index (κ2) is 13.8. The van der Waals surface area contributed by atoms with Crippen molar-refractivity contribution in [2.24, 2.45) is 0 Å². The van der Waals surface area contributed by atoms with Crippen LogP contribution in [0.3, 0.4) is 0 Å². The van der Waals surface area contributed by atoms with Crippen molar-refractivity contribution in [3.05, 3.63) is 99.0 Å². The monoisotopic (exact) mass is 590 g/mol. The summed E-state index contributed by atoms with van der Waals surface area (Å²) in [4.78, 5) is 29.4. The zero-order valence-corrected chi connectivity index (χ0v) is 24.8. The lowest BCUT2D eigenvalue weighted by Gasteiger charge is -2.33. The molecule has 0 saturated heterocycles. The summed E-state index contributed by atoms with van der Waals surface area (Å²) >= 11 is 3.59. The van der Waals surface area contributed by atoms with Crippen LogP contribution in [0.4, 0.5) is 0 Å². The molecule has 5 nitrogen and oxygen atoms in total. The minimum absolute atomic E-state index is 0.0958. The lowest BCUT2D eigenvalue weighted by atomic mass is 9.94. The Kier molecular flexibility index (Phi) is 10.2. The zero-order valence-electron chi connectivity index (χ0n) is 23.2. The van der Waals surface area contributed by atoms with Crippen LogP contribution in [0.25, 0.3) is 0 Å². The van der Waals surface area contributed by atoms with Gasteiger partial charge in [-0.2, -0.15) is 0 Å². The van der Waals surface area contributed by atoms with E-state index in [0.717, 1.165) is 58.0 Å². The molecule has 1 saturated carbocycles. The molecule has 0 heterocycles. The van der Waals surface area contributed by atoms with Crippen LogP contribution < -0.4 is 10.1 Å². The van der Waals surface area contributed by atoms with Crippen LogP contribution in [-0.2, 0) is 22.6 Å². The summed E-state index contributed by atoms with van der Waals surface area (Å²) in [5.74, 6) is 0.332. The first-order valence-electron chi connectivity index (χ1n) is 13.9. The lowest BCUT2D eigenvalue weighted by molar-refractivity contribution is -0.143. The van der Waals surface area contributed by atoms with Crippen molar-refractivity contribution in [2.45, 2.75) is 77.9 Å². The van der Waals surface area contributed by atoms with Gasteiger partial charge in [0, 0.05) is 23.5 Å². The van der Waals surface area contributed by atoms with E-state index in [1.807, 2.05) is 87.5 Å². The summed E-state index contributed by atoms with van der Waals surface area (Å²) in [7, 11) is 0. The number of hydrogen-bond donors (Lipinski definition) is 1. The van der Waals surface area contributed by atoms with Crippen molar-refractivity contribution in [3.63, 3.8) is 0 Å². The van der Waals surface area contributed by atoms with Gasteiger partial charge in [-0.25, -0.2) is 0 Å². The quantitative estimate of drug-likeness (QED) is 0.281. The summed E-state index contributed by atoms with van der Waals surface area (Å²) in [5, 5.41) is 3.29. The zero-order chi connectivity index (χ0) is 27.8. The molecular weight excluding hydrogens is 552 g/mol. The summed E-state index contributed by atoms with van der Waals surface area (Å²) in [5.41, 5.74) is 5.23. The molecule has 0 bridgehead atoms. The Bertz CT molecular complexity index is 1230. The Morgan fingerprint density at radius 2 is 1.56 bits per heavy atom. The molecular formula is C33H39BrN2O3. The third kappa shape index (κ3) is 8.18. The van der Waals surface area contributed by atoms with Gasteiger partial charge in [-0.3, -0.25) is 9.59 Å². The Labute approximate surface area is 241 Å². The fourth-order valence-electron chi connectivity index (χ4n) is 5.21. The molecule has 1 aliphatic rings. The van der Waals surface area contributed by atoms with Crippen LogP contribution in [0.2, 0.25) is 0 Å². The molecule has 0 aromatic heterocycles. The van der Waals surface area contributed by atoms with Gasteiger partial charge in [0.2, 0.25) is 5.91 Å². The molecule has 1 fully saturated rings. The number of rotatable bonds is 10. The fourth-order valence-corrected chi connectivity index (χ4v) is 5.43. The largest absolute Gasteiger partial charge is 0.484 e. The molecule has 0 aliphatic heterocycles. The Morgan fingerprint density at radius 3 is 2.21 bits per heavy atom. The third-order valence-corrected chi connectivity index (χ3v) is 8.72. The number of halogens is 1. The fraction of sp³-hybridized carbons (Fsp3) is 0.394. The van der Waals surface area contributed by atoms with Gasteiger partial charge < -0.3 is 15.0 Å². The van der Waals surface area contributed by atoms with E-state index in [-0.39, 0.29) is 24.5 Å².